The second-order valence-corrected chi connectivity index (χ2v) is 5.92. The minimum atomic E-state index is 0.680. The molecule has 1 heterocycles. The van der Waals surface area contributed by atoms with E-state index < -0.39 is 0 Å². The van der Waals surface area contributed by atoms with Gasteiger partial charge in [-0.1, -0.05) is 35.0 Å². The van der Waals surface area contributed by atoms with Crippen LogP contribution >= 0.6 is 0 Å². The van der Waals surface area contributed by atoms with Gasteiger partial charge in [-0.2, -0.15) is 4.98 Å². The second kappa shape index (κ2) is 9.05. The molecule has 0 fully saturated rings. The molecular weight excluding hydrogens is 302 g/mol. The van der Waals surface area contributed by atoms with Crippen LogP contribution in [-0.2, 0) is 13.0 Å². The highest BCUT2D eigenvalue weighted by atomic mass is 16.5. The molecule has 0 unspecified atom stereocenters. The Morgan fingerprint density at radius 3 is 2.62 bits per heavy atom. The molecule has 0 aliphatic carbocycles. The number of aryl methyl sites for hydroxylation is 3. The van der Waals surface area contributed by atoms with Crippen molar-refractivity contribution in [3.05, 3.63) is 47.1 Å². The maximum atomic E-state index is 5.12. The summed E-state index contributed by atoms with van der Waals surface area (Å²) in [5.41, 5.74) is 2.55. The SMILES string of the molecule is CCNC(=NCCCc1nc(C)no1)N(C)Cc1ccc(C)cc1. The number of hydrogen-bond donors (Lipinski definition) is 1. The van der Waals surface area contributed by atoms with Crippen molar-refractivity contribution in [2.24, 2.45) is 4.99 Å². The minimum Gasteiger partial charge on any atom is -0.357 e. The van der Waals surface area contributed by atoms with Gasteiger partial charge in [0, 0.05) is 33.1 Å². The summed E-state index contributed by atoms with van der Waals surface area (Å²) in [6, 6.07) is 8.60. The fourth-order valence-electron chi connectivity index (χ4n) is 2.37. The van der Waals surface area contributed by atoms with Gasteiger partial charge in [-0.15, -0.1) is 0 Å². The largest absolute Gasteiger partial charge is 0.357 e. The van der Waals surface area contributed by atoms with Crippen molar-refractivity contribution in [1.29, 1.82) is 0 Å². The number of guanidine groups is 1. The third kappa shape index (κ3) is 5.68. The van der Waals surface area contributed by atoms with Gasteiger partial charge >= 0.3 is 0 Å². The molecule has 0 amide bonds. The van der Waals surface area contributed by atoms with Gasteiger partial charge in [-0.05, 0) is 32.8 Å². The van der Waals surface area contributed by atoms with Crippen molar-refractivity contribution in [3.63, 3.8) is 0 Å². The lowest BCUT2D eigenvalue weighted by atomic mass is 10.1. The molecule has 6 nitrogen and oxygen atoms in total. The maximum absolute atomic E-state index is 5.12. The van der Waals surface area contributed by atoms with Gasteiger partial charge in [-0.3, -0.25) is 4.99 Å². The first-order chi connectivity index (χ1) is 11.6. The van der Waals surface area contributed by atoms with Crippen LogP contribution in [0.4, 0.5) is 0 Å². The maximum Gasteiger partial charge on any atom is 0.226 e. The zero-order chi connectivity index (χ0) is 17.4. The van der Waals surface area contributed by atoms with E-state index in [2.05, 4.69) is 65.5 Å². The van der Waals surface area contributed by atoms with Crippen molar-refractivity contribution >= 4 is 5.96 Å². The molecule has 0 aliphatic rings. The second-order valence-electron chi connectivity index (χ2n) is 5.92. The number of rotatable bonds is 7. The smallest absolute Gasteiger partial charge is 0.226 e. The van der Waals surface area contributed by atoms with E-state index in [1.807, 2.05) is 6.92 Å². The number of aliphatic imine (C=N–C) groups is 1. The Morgan fingerprint density at radius 2 is 2.00 bits per heavy atom. The molecule has 130 valence electrons. The highest BCUT2D eigenvalue weighted by molar-refractivity contribution is 5.79. The first-order valence-electron chi connectivity index (χ1n) is 8.42. The molecule has 0 bridgehead atoms. The first-order valence-corrected chi connectivity index (χ1v) is 8.42. The average molecular weight is 329 g/mol. The van der Waals surface area contributed by atoms with Gasteiger partial charge in [-0.25, -0.2) is 0 Å². The zero-order valence-electron chi connectivity index (χ0n) is 15.0. The number of hydrogen-bond acceptors (Lipinski definition) is 4. The Morgan fingerprint density at radius 1 is 1.25 bits per heavy atom. The van der Waals surface area contributed by atoms with E-state index in [4.69, 9.17) is 9.52 Å². The van der Waals surface area contributed by atoms with Crippen LogP contribution in [0, 0.1) is 13.8 Å². The number of nitrogens with one attached hydrogen (secondary N) is 1. The lowest BCUT2D eigenvalue weighted by Crippen LogP contribution is -2.38. The normalized spacial score (nSPS) is 11.6. The van der Waals surface area contributed by atoms with Crippen molar-refractivity contribution in [2.45, 2.75) is 40.2 Å². The predicted molar refractivity (Wildman–Crippen MR) is 96.0 cm³/mol. The molecule has 0 radical (unpaired) electrons. The molecule has 24 heavy (non-hydrogen) atoms. The summed E-state index contributed by atoms with van der Waals surface area (Å²) < 4.78 is 5.12. The topological polar surface area (TPSA) is 66.5 Å². The van der Waals surface area contributed by atoms with E-state index in [0.29, 0.717) is 11.7 Å². The molecule has 0 saturated heterocycles. The molecule has 0 spiro atoms. The van der Waals surface area contributed by atoms with Crippen LogP contribution in [0.2, 0.25) is 0 Å². The van der Waals surface area contributed by atoms with Crippen LogP contribution in [0.1, 0.15) is 36.2 Å². The molecule has 1 aromatic heterocycles. The van der Waals surface area contributed by atoms with E-state index in [1.165, 1.54) is 11.1 Å². The van der Waals surface area contributed by atoms with Crippen LogP contribution in [0.15, 0.2) is 33.8 Å². The molecule has 1 aromatic carbocycles. The highest BCUT2D eigenvalue weighted by Crippen LogP contribution is 2.06. The van der Waals surface area contributed by atoms with Crippen molar-refractivity contribution in [1.82, 2.24) is 20.4 Å². The van der Waals surface area contributed by atoms with Crippen LogP contribution in [0.3, 0.4) is 0 Å². The summed E-state index contributed by atoms with van der Waals surface area (Å²) in [4.78, 5) is 11.0. The molecule has 0 aliphatic heterocycles. The van der Waals surface area contributed by atoms with Crippen LogP contribution < -0.4 is 5.32 Å². The van der Waals surface area contributed by atoms with E-state index in [1.54, 1.807) is 0 Å². The Hall–Kier alpha value is -2.37. The Kier molecular flexibility index (Phi) is 6.78. The quantitative estimate of drug-likeness (QED) is 0.481. The van der Waals surface area contributed by atoms with E-state index in [0.717, 1.165) is 38.4 Å². The van der Waals surface area contributed by atoms with E-state index in [9.17, 15) is 0 Å². The van der Waals surface area contributed by atoms with E-state index in [-0.39, 0.29) is 0 Å². The van der Waals surface area contributed by atoms with Gasteiger partial charge in [0.15, 0.2) is 11.8 Å². The fraction of sp³-hybridized carbons (Fsp3) is 0.500. The summed E-state index contributed by atoms with van der Waals surface area (Å²) in [5.74, 6) is 2.28. The number of nitrogens with zero attached hydrogens (tertiary/aromatic N) is 4. The summed E-state index contributed by atoms with van der Waals surface area (Å²) >= 11 is 0. The number of aromatic nitrogens is 2. The van der Waals surface area contributed by atoms with E-state index >= 15 is 0 Å². The van der Waals surface area contributed by atoms with Crippen molar-refractivity contribution < 1.29 is 4.52 Å². The highest BCUT2D eigenvalue weighted by Gasteiger charge is 2.07. The lowest BCUT2D eigenvalue weighted by molar-refractivity contribution is 0.372. The van der Waals surface area contributed by atoms with Crippen LogP contribution in [0.25, 0.3) is 0 Å². The molecule has 0 atom stereocenters. The van der Waals surface area contributed by atoms with Crippen LogP contribution in [0.5, 0.6) is 0 Å². The molecule has 2 rings (SSSR count). The van der Waals surface area contributed by atoms with Crippen LogP contribution in [-0.4, -0.2) is 41.1 Å². The predicted octanol–water partition coefficient (Wildman–Crippen LogP) is 2.72. The van der Waals surface area contributed by atoms with Gasteiger partial charge < -0.3 is 14.7 Å². The Labute approximate surface area is 144 Å². The molecule has 2 aromatic rings. The third-order valence-corrected chi connectivity index (χ3v) is 3.62. The molecule has 0 saturated carbocycles. The molecular formula is C18H27N5O. The Bertz CT molecular complexity index is 648. The van der Waals surface area contributed by atoms with Gasteiger partial charge in [0.25, 0.3) is 0 Å². The zero-order valence-corrected chi connectivity index (χ0v) is 15.0. The Balaban J connectivity index is 1.87. The number of benzene rings is 1. The summed E-state index contributed by atoms with van der Waals surface area (Å²) in [6.45, 7) is 8.41. The fourth-order valence-corrected chi connectivity index (χ4v) is 2.37. The first kappa shape index (κ1) is 18.0. The summed E-state index contributed by atoms with van der Waals surface area (Å²) in [6.07, 6.45) is 1.64. The van der Waals surface area contributed by atoms with Gasteiger partial charge in [0.2, 0.25) is 5.89 Å². The average Bonchev–Trinajstić information content (AvgIpc) is 2.98. The summed E-state index contributed by atoms with van der Waals surface area (Å²) in [5, 5.41) is 7.14. The standard InChI is InChI=1S/C18H27N5O/c1-5-19-18(20-12-6-7-17-21-15(3)22-24-17)23(4)13-16-10-8-14(2)9-11-16/h8-11H,5-7,12-13H2,1-4H3,(H,19,20). The monoisotopic (exact) mass is 329 g/mol. The van der Waals surface area contributed by atoms with Crippen molar-refractivity contribution in [2.75, 3.05) is 20.1 Å². The summed E-state index contributed by atoms with van der Waals surface area (Å²) in [7, 11) is 2.06. The molecule has 6 heteroatoms. The molecule has 1 N–H and O–H groups in total. The minimum absolute atomic E-state index is 0.680. The lowest BCUT2D eigenvalue weighted by Gasteiger charge is -2.22. The third-order valence-electron chi connectivity index (χ3n) is 3.62. The van der Waals surface area contributed by atoms with Gasteiger partial charge in [0.1, 0.15) is 0 Å². The van der Waals surface area contributed by atoms with Gasteiger partial charge in [0.05, 0.1) is 0 Å². The van der Waals surface area contributed by atoms with Crippen molar-refractivity contribution in [3.8, 4) is 0 Å².